The van der Waals surface area contributed by atoms with E-state index in [9.17, 15) is 0 Å². The third-order valence-electron chi connectivity index (χ3n) is 2.82. The van der Waals surface area contributed by atoms with Gasteiger partial charge in [0, 0.05) is 30.7 Å². The molecule has 0 amide bonds. The van der Waals surface area contributed by atoms with Crippen LogP contribution in [-0.2, 0) is 6.54 Å². The molecule has 0 spiro atoms. The van der Waals surface area contributed by atoms with E-state index in [0.717, 1.165) is 31.6 Å². The average molecular weight is 244 g/mol. The normalized spacial score (nSPS) is 15.0. The number of halogens is 1. The van der Waals surface area contributed by atoms with Gasteiger partial charge in [-0.2, -0.15) is 5.10 Å². The smallest absolute Gasteiger partial charge is 0.0762 e. The van der Waals surface area contributed by atoms with Crippen molar-refractivity contribution in [2.24, 2.45) is 0 Å². The van der Waals surface area contributed by atoms with E-state index in [1.54, 1.807) is 0 Å². The second kappa shape index (κ2) is 6.92. The Kier molecular flexibility index (Phi) is 5.85. The lowest BCUT2D eigenvalue weighted by molar-refractivity contribution is 0.471. The molecular formula is C12H22ClN3. The van der Waals surface area contributed by atoms with E-state index in [1.807, 2.05) is 10.9 Å². The molecule has 2 unspecified atom stereocenters. The van der Waals surface area contributed by atoms with Gasteiger partial charge in [0.1, 0.15) is 0 Å². The Bertz CT molecular complexity index is 298. The van der Waals surface area contributed by atoms with Crippen LogP contribution in [-0.4, -0.2) is 21.7 Å². The highest BCUT2D eigenvalue weighted by atomic mass is 35.5. The summed E-state index contributed by atoms with van der Waals surface area (Å²) >= 11 is 6.02. The largest absolute Gasteiger partial charge is 0.310 e. The van der Waals surface area contributed by atoms with Gasteiger partial charge >= 0.3 is 0 Å². The zero-order valence-corrected chi connectivity index (χ0v) is 11.2. The fourth-order valence-electron chi connectivity index (χ4n) is 1.41. The topological polar surface area (TPSA) is 29.9 Å². The summed E-state index contributed by atoms with van der Waals surface area (Å²) in [7, 11) is 0. The summed E-state index contributed by atoms with van der Waals surface area (Å²) in [6.45, 7) is 8.08. The third kappa shape index (κ3) is 4.14. The number of hydrogen-bond acceptors (Lipinski definition) is 2. The summed E-state index contributed by atoms with van der Waals surface area (Å²) in [6.07, 6.45) is 4.15. The van der Waals surface area contributed by atoms with Crippen LogP contribution >= 0.6 is 11.6 Å². The number of nitrogens with zero attached hydrogens (tertiary/aromatic N) is 2. The molecule has 1 heterocycles. The molecule has 0 fully saturated rings. The SMILES string of the molecule is CCC(Cl)CNCc1ccn(C(C)CC)n1. The van der Waals surface area contributed by atoms with E-state index in [0.29, 0.717) is 6.04 Å². The monoisotopic (exact) mass is 243 g/mol. The summed E-state index contributed by atoms with van der Waals surface area (Å²) in [6, 6.07) is 2.54. The van der Waals surface area contributed by atoms with Gasteiger partial charge in [0.25, 0.3) is 0 Å². The predicted molar refractivity (Wildman–Crippen MR) is 68.9 cm³/mol. The Labute approximate surface area is 103 Å². The molecule has 1 rings (SSSR count). The third-order valence-corrected chi connectivity index (χ3v) is 3.28. The highest BCUT2D eigenvalue weighted by Crippen LogP contribution is 2.09. The van der Waals surface area contributed by atoms with Gasteiger partial charge in [0.15, 0.2) is 0 Å². The first-order valence-corrected chi connectivity index (χ1v) is 6.49. The highest BCUT2D eigenvalue weighted by Gasteiger charge is 2.05. The fourth-order valence-corrected chi connectivity index (χ4v) is 1.51. The van der Waals surface area contributed by atoms with Crippen LogP contribution in [0.25, 0.3) is 0 Å². The number of alkyl halides is 1. The highest BCUT2D eigenvalue weighted by molar-refractivity contribution is 6.20. The maximum atomic E-state index is 6.02. The molecule has 3 nitrogen and oxygen atoms in total. The van der Waals surface area contributed by atoms with Crippen LogP contribution in [0.3, 0.4) is 0 Å². The summed E-state index contributed by atoms with van der Waals surface area (Å²) in [5.74, 6) is 0. The average Bonchev–Trinajstić information content (AvgIpc) is 2.76. The molecule has 2 atom stereocenters. The fraction of sp³-hybridized carbons (Fsp3) is 0.750. The van der Waals surface area contributed by atoms with Crippen molar-refractivity contribution in [3.8, 4) is 0 Å². The Morgan fingerprint density at radius 2 is 2.19 bits per heavy atom. The first-order chi connectivity index (χ1) is 7.67. The zero-order valence-electron chi connectivity index (χ0n) is 10.4. The molecule has 0 radical (unpaired) electrons. The lowest BCUT2D eigenvalue weighted by atomic mass is 10.3. The van der Waals surface area contributed by atoms with Crippen LogP contribution in [0.5, 0.6) is 0 Å². The van der Waals surface area contributed by atoms with Gasteiger partial charge in [0.2, 0.25) is 0 Å². The van der Waals surface area contributed by atoms with Gasteiger partial charge in [0.05, 0.1) is 5.69 Å². The van der Waals surface area contributed by atoms with Gasteiger partial charge in [-0.3, -0.25) is 4.68 Å². The molecule has 0 aliphatic rings. The first-order valence-electron chi connectivity index (χ1n) is 6.06. The zero-order chi connectivity index (χ0) is 12.0. The van der Waals surface area contributed by atoms with E-state index < -0.39 is 0 Å². The first kappa shape index (κ1) is 13.5. The van der Waals surface area contributed by atoms with Crippen molar-refractivity contribution in [3.05, 3.63) is 18.0 Å². The second-order valence-electron chi connectivity index (χ2n) is 4.18. The Morgan fingerprint density at radius 1 is 1.44 bits per heavy atom. The maximum Gasteiger partial charge on any atom is 0.0762 e. The standard InChI is InChI=1S/C12H22ClN3/c1-4-10(3)16-7-6-12(15-16)9-14-8-11(13)5-2/h6-7,10-11,14H,4-5,8-9H2,1-3H3. The maximum absolute atomic E-state index is 6.02. The Morgan fingerprint density at radius 3 is 2.81 bits per heavy atom. The van der Waals surface area contributed by atoms with Crippen molar-refractivity contribution >= 4 is 11.6 Å². The van der Waals surface area contributed by atoms with E-state index in [-0.39, 0.29) is 5.38 Å². The summed E-state index contributed by atoms with van der Waals surface area (Å²) in [5, 5.41) is 8.05. The molecular weight excluding hydrogens is 222 g/mol. The predicted octanol–water partition coefficient (Wildman–Crippen LogP) is 2.96. The van der Waals surface area contributed by atoms with Crippen LogP contribution in [0.4, 0.5) is 0 Å². The minimum atomic E-state index is 0.219. The molecule has 0 saturated carbocycles. The van der Waals surface area contributed by atoms with Gasteiger partial charge in [-0.15, -0.1) is 11.6 Å². The molecule has 1 aromatic rings. The summed E-state index contributed by atoms with van der Waals surface area (Å²) in [5.41, 5.74) is 1.08. The van der Waals surface area contributed by atoms with E-state index >= 15 is 0 Å². The molecule has 0 saturated heterocycles. The van der Waals surface area contributed by atoms with Crippen molar-refractivity contribution in [3.63, 3.8) is 0 Å². The minimum Gasteiger partial charge on any atom is -0.310 e. The van der Waals surface area contributed by atoms with Crippen molar-refractivity contribution in [2.45, 2.75) is 51.6 Å². The molecule has 0 aromatic carbocycles. The van der Waals surface area contributed by atoms with Crippen molar-refractivity contribution in [1.29, 1.82) is 0 Å². The summed E-state index contributed by atoms with van der Waals surface area (Å²) < 4.78 is 2.02. The van der Waals surface area contributed by atoms with E-state index in [2.05, 4.69) is 37.3 Å². The van der Waals surface area contributed by atoms with Gasteiger partial charge in [-0.05, 0) is 25.8 Å². The number of nitrogens with one attached hydrogen (secondary N) is 1. The van der Waals surface area contributed by atoms with Crippen LogP contribution in [0, 0.1) is 0 Å². The van der Waals surface area contributed by atoms with Crippen LogP contribution in [0.1, 0.15) is 45.3 Å². The number of aromatic nitrogens is 2. The lowest BCUT2D eigenvalue weighted by Gasteiger charge is -2.09. The quantitative estimate of drug-likeness (QED) is 0.747. The van der Waals surface area contributed by atoms with Crippen LogP contribution in [0.2, 0.25) is 0 Å². The summed E-state index contributed by atoms with van der Waals surface area (Å²) in [4.78, 5) is 0. The van der Waals surface area contributed by atoms with Gasteiger partial charge < -0.3 is 5.32 Å². The lowest BCUT2D eigenvalue weighted by Crippen LogP contribution is -2.22. The van der Waals surface area contributed by atoms with Crippen molar-refractivity contribution < 1.29 is 0 Å². The van der Waals surface area contributed by atoms with E-state index in [1.165, 1.54) is 0 Å². The molecule has 16 heavy (non-hydrogen) atoms. The number of rotatable bonds is 7. The Balaban J connectivity index is 2.35. The number of hydrogen-bond donors (Lipinski definition) is 1. The van der Waals surface area contributed by atoms with E-state index in [4.69, 9.17) is 11.6 Å². The van der Waals surface area contributed by atoms with Crippen LogP contribution in [0.15, 0.2) is 12.3 Å². The molecule has 92 valence electrons. The molecule has 0 aliphatic heterocycles. The van der Waals surface area contributed by atoms with Gasteiger partial charge in [-0.25, -0.2) is 0 Å². The van der Waals surface area contributed by atoms with Crippen molar-refractivity contribution in [1.82, 2.24) is 15.1 Å². The van der Waals surface area contributed by atoms with Crippen LogP contribution < -0.4 is 5.32 Å². The van der Waals surface area contributed by atoms with Crippen molar-refractivity contribution in [2.75, 3.05) is 6.54 Å². The molecule has 4 heteroatoms. The molecule has 1 N–H and O–H groups in total. The van der Waals surface area contributed by atoms with Gasteiger partial charge in [-0.1, -0.05) is 13.8 Å². The Hall–Kier alpha value is -0.540. The molecule has 1 aromatic heterocycles. The molecule has 0 bridgehead atoms. The molecule has 0 aliphatic carbocycles. The second-order valence-corrected chi connectivity index (χ2v) is 4.80. The minimum absolute atomic E-state index is 0.219.